The van der Waals surface area contributed by atoms with Crippen LogP contribution in [-0.4, -0.2) is 31.8 Å². The second-order valence-corrected chi connectivity index (χ2v) is 5.41. The maximum absolute atomic E-state index is 4.35. The van der Waals surface area contributed by atoms with Gasteiger partial charge in [0, 0.05) is 12.5 Å². The first kappa shape index (κ1) is 12.3. The molecule has 1 N–H and O–H groups in total. The normalized spacial score (nSPS) is 17.6. The van der Waals surface area contributed by atoms with Crippen molar-refractivity contribution in [2.75, 3.05) is 11.9 Å². The van der Waals surface area contributed by atoms with Crippen molar-refractivity contribution in [2.45, 2.75) is 25.2 Å². The summed E-state index contributed by atoms with van der Waals surface area (Å²) in [5, 5.41) is 19.0. The Labute approximate surface area is 122 Å². The summed E-state index contributed by atoms with van der Waals surface area (Å²) in [5.41, 5.74) is 3.61. The smallest absolute Gasteiger partial charge is 0.200 e. The molecule has 6 nitrogen and oxygen atoms in total. The first-order chi connectivity index (χ1) is 10.4. The van der Waals surface area contributed by atoms with Crippen molar-refractivity contribution in [1.29, 1.82) is 0 Å². The quantitative estimate of drug-likeness (QED) is 0.795. The van der Waals surface area contributed by atoms with Crippen molar-refractivity contribution in [2.24, 2.45) is 0 Å². The molecule has 0 saturated heterocycles. The number of fused-ring (bicyclic) bond motifs is 2. The molecule has 2 heterocycles. The van der Waals surface area contributed by atoms with Gasteiger partial charge in [-0.1, -0.05) is 24.3 Å². The summed E-state index contributed by atoms with van der Waals surface area (Å²) in [6.07, 6.45) is 3.67. The van der Waals surface area contributed by atoms with E-state index < -0.39 is 0 Å². The molecule has 4 rings (SSSR count). The fourth-order valence-electron chi connectivity index (χ4n) is 3.04. The highest BCUT2D eigenvalue weighted by atomic mass is 15.6. The molecule has 1 aromatic carbocycles. The van der Waals surface area contributed by atoms with Gasteiger partial charge in [-0.3, -0.25) is 0 Å². The van der Waals surface area contributed by atoms with E-state index in [-0.39, 0.29) is 0 Å². The van der Waals surface area contributed by atoms with Gasteiger partial charge in [-0.15, -0.1) is 14.8 Å². The second kappa shape index (κ2) is 5.12. The SMILES string of the molecule is c1ccc2c(c1)CCCC2CNc1ccc2nnnn2n1. The van der Waals surface area contributed by atoms with Crippen molar-refractivity contribution in [3.05, 3.63) is 47.5 Å². The number of anilines is 1. The summed E-state index contributed by atoms with van der Waals surface area (Å²) in [6.45, 7) is 0.887. The monoisotopic (exact) mass is 280 g/mol. The highest BCUT2D eigenvalue weighted by molar-refractivity contribution is 5.43. The Kier molecular flexibility index (Phi) is 2.99. The zero-order chi connectivity index (χ0) is 14.1. The fourth-order valence-corrected chi connectivity index (χ4v) is 3.04. The van der Waals surface area contributed by atoms with Gasteiger partial charge in [-0.25, -0.2) is 0 Å². The molecule has 1 aliphatic carbocycles. The molecule has 0 amide bonds. The zero-order valence-corrected chi connectivity index (χ0v) is 11.6. The van der Waals surface area contributed by atoms with Crippen LogP contribution < -0.4 is 5.32 Å². The van der Waals surface area contributed by atoms with E-state index in [0.29, 0.717) is 11.6 Å². The minimum absolute atomic E-state index is 0.543. The molecule has 1 unspecified atom stereocenters. The first-order valence-corrected chi connectivity index (χ1v) is 7.27. The lowest BCUT2D eigenvalue weighted by molar-refractivity contribution is 0.570. The van der Waals surface area contributed by atoms with E-state index in [0.717, 1.165) is 12.4 Å². The number of rotatable bonds is 3. The van der Waals surface area contributed by atoms with Crippen molar-refractivity contribution in [3.8, 4) is 0 Å². The maximum atomic E-state index is 4.35. The zero-order valence-electron chi connectivity index (χ0n) is 11.6. The molecule has 0 radical (unpaired) electrons. The number of aromatic nitrogens is 5. The molecule has 0 fully saturated rings. The summed E-state index contributed by atoms with van der Waals surface area (Å²) >= 11 is 0. The van der Waals surface area contributed by atoms with Crippen LogP contribution in [0.2, 0.25) is 0 Å². The third kappa shape index (κ3) is 2.33. The molecular formula is C15H16N6. The predicted molar refractivity (Wildman–Crippen MR) is 79.2 cm³/mol. The molecule has 0 aliphatic heterocycles. The van der Waals surface area contributed by atoms with Gasteiger partial charge in [0.15, 0.2) is 5.65 Å². The van der Waals surface area contributed by atoms with E-state index in [2.05, 4.69) is 50.2 Å². The van der Waals surface area contributed by atoms with E-state index in [1.165, 1.54) is 35.0 Å². The van der Waals surface area contributed by atoms with Crippen LogP contribution >= 0.6 is 0 Å². The van der Waals surface area contributed by atoms with Gasteiger partial charge in [0.2, 0.25) is 0 Å². The molecule has 6 heteroatoms. The Morgan fingerprint density at radius 2 is 2.14 bits per heavy atom. The number of hydrogen-bond donors (Lipinski definition) is 1. The highest BCUT2D eigenvalue weighted by Crippen LogP contribution is 2.31. The third-order valence-corrected chi connectivity index (χ3v) is 4.09. The molecular weight excluding hydrogens is 264 g/mol. The van der Waals surface area contributed by atoms with E-state index in [4.69, 9.17) is 0 Å². The molecule has 106 valence electrons. The third-order valence-electron chi connectivity index (χ3n) is 4.09. The van der Waals surface area contributed by atoms with Crippen molar-refractivity contribution >= 4 is 11.5 Å². The largest absolute Gasteiger partial charge is 0.368 e. The van der Waals surface area contributed by atoms with E-state index in [1.807, 2.05) is 12.1 Å². The minimum atomic E-state index is 0.543. The minimum Gasteiger partial charge on any atom is -0.368 e. The number of nitrogens with zero attached hydrogens (tertiary/aromatic N) is 5. The van der Waals surface area contributed by atoms with Crippen LogP contribution in [0.5, 0.6) is 0 Å². The van der Waals surface area contributed by atoms with E-state index in [9.17, 15) is 0 Å². The second-order valence-electron chi connectivity index (χ2n) is 5.41. The summed E-state index contributed by atoms with van der Waals surface area (Å²) in [6, 6.07) is 12.5. The van der Waals surface area contributed by atoms with Gasteiger partial charge in [-0.05, 0) is 52.9 Å². The van der Waals surface area contributed by atoms with Crippen LogP contribution in [0.15, 0.2) is 36.4 Å². The Morgan fingerprint density at radius 3 is 3.14 bits per heavy atom. The molecule has 21 heavy (non-hydrogen) atoms. The van der Waals surface area contributed by atoms with E-state index >= 15 is 0 Å². The van der Waals surface area contributed by atoms with Crippen LogP contribution in [0.25, 0.3) is 5.65 Å². The Morgan fingerprint density at radius 1 is 1.19 bits per heavy atom. The van der Waals surface area contributed by atoms with Crippen LogP contribution in [-0.2, 0) is 6.42 Å². The van der Waals surface area contributed by atoms with Crippen LogP contribution in [0.3, 0.4) is 0 Å². The summed E-state index contributed by atoms with van der Waals surface area (Å²) in [5.74, 6) is 1.35. The molecule has 2 aromatic heterocycles. The van der Waals surface area contributed by atoms with Gasteiger partial charge in [0.05, 0.1) is 0 Å². The summed E-state index contributed by atoms with van der Waals surface area (Å²) < 4.78 is 1.44. The van der Waals surface area contributed by atoms with Crippen molar-refractivity contribution in [1.82, 2.24) is 25.3 Å². The molecule has 0 spiro atoms. The van der Waals surface area contributed by atoms with Crippen LogP contribution in [0.1, 0.15) is 29.9 Å². The first-order valence-electron chi connectivity index (χ1n) is 7.27. The standard InChI is InChI=1S/C15H16N6/c1-2-7-13-11(4-1)5-3-6-12(13)10-16-14-8-9-15-17-19-20-21(15)18-14/h1-2,4,7-9,12H,3,5-6,10H2,(H,16,18). The van der Waals surface area contributed by atoms with Crippen molar-refractivity contribution < 1.29 is 0 Å². The predicted octanol–water partition coefficient (Wildman–Crippen LogP) is 2.05. The van der Waals surface area contributed by atoms with Crippen molar-refractivity contribution in [3.63, 3.8) is 0 Å². The Hall–Kier alpha value is -2.50. The highest BCUT2D eigenvalue weighted by Gasteiger charge is 2.19. The lowest BCUT2D eigenvalue weighted by Crippen LogP contribution is -2.18. The topological polar surface area (TPSA) is 68.0 Å². The van der Waals surface area contributed by atoms with Gasteiger partial charge in [0.1, 0.15) is 5.82 Å². The van der Waals surface area contributed by atoms with Gasteiger partial charge in [-0.2, -0.15) is 0 Å². The molecule has 0 bridgehead atoms. The average molecular weight is 280 g/mol. The number of benzene rings is 1. The lowest BCUT2D eigenvalue weighted by atomic mass is 9.83. The number of tetrazole rings is 1. The van der Waals surface area contributed by atoms with Crippen LogP contribution in [0, 0.1) is 0 Å². The average Bonchev–Trinajstić information content (AvgIpc) is 3.00. The van der Waals surface area contributed by atoms with Gasteiger partial charge < -0.3 is 5.32 Å². The number of aryl methyl sites for hydroxylation is 1. The number of nitrogens with one attached hydrogen (secondary N) is 1. The molecule has 1 atom stereocenters. The lowest BCUT2D eigenvalue weighted by Gasteiger charge is -2.25. The maximum Gasteiger partial charge on any atom is 0.200 e. The van der Waals surface area contributed by atoms with Crippen LogP contribution in [0.4, 0.5) is 5.82 Å². The van der Waals surface area contributed by atoms with Gasteiger partial charge >= 0.3 is 0 Å². The Balaban J connectivity index is 1.52. The molecule has 0 saturated carbocycles. The number of hydrogen-bond acceptors (Lipinski definition) is 5. The van der Waals surface area contributed by atoms with E-state index in [1.54, 1.807) is 0 Å². The fraction of sp³-hybridized carbons (Fsp3) is 0.333. The molecule has 3 aromatic rings. The van der Waals surface area contributed by atoms with Gasteiger partial charge in [0.25, 0.3) is 0 Å². The summed E-state index contributed by atoms with van der Waals surface area (Å²) in [7, 11) is 0. The Bertz CT molecular complexity index is 765. The summed E-state index contributed by atoms with van der Waals surface area (Å²) in [4.78, 5) is 0. The molecule has 1 aliphatic rings.